The fraction of sp³-hybridized carbons (Fsp3) is 0.0526. The maximum atomic E-state index is 12.3. The van der Waals surface area contributed by atoms with Gasteiger partial charge >= 0.3 is 0 Å². The summed E-state index contributed by atoms with van der Waals surface area (Å²) in [5, 5.41) is 5.60. The highest BCUT2D eigenvalue weighted by Gasteiger charge is 2.08. The van der Waals surface area contributed by atoms with E-state index >= 15 is 0 Å². The summed E-state index contributed by atoms with van der Waals surface area (Å²) >= 11 is 7.46. The van der Waals surface area contributed by atoms with Gasteiger partial charge in [0, 0.05) is 34.0 Å². The van der Waals surface area contributed by atoms with Crippen molar-refractivity contribution < 1.29 is 4.79 Å². The van der Waals surface area contributed by atoms with Crippen LogP contribution in [-0.2, 0) is 11.2 Å². The van der Waals surface area contributed by atoms with Gasteiger partial charge in [-0.05, 0) is 29.8 Å². The number of halogens is 1. The minimum atomic E-state index is -0.0645. The molecule has 6 heteroatoms. The standard InChI is InChI=1S/C19H14ClN3OS/c20-15-6-4-13(5-7-15)10-18(24)21-16-3-1-2-14(11-16)17-12-23-8-9-25-19(23)22-17/h1-9,11-12H,10H2,(H,21,24). The van der Waals surface area contributed by atoms with Gasteiger partial charge in [0.15, 0.2) is 4.96 Å². The Kier molecular flexibility index (Phi) is 4.26. The minimum absolute atomic E-state index is 0.0645. The molecule has 4 rings (SSSR count). The highest BCUT2D eigenvalue weighted by molar-refractivity contribution is 7.15. The second-order valence-corrected chi connectivity index (χ2v) is 6.96. The molecule has 124 valence electrons. The maximum Gasteiger partial charge on any atom is 0.228 e. The summed E-state index contributed by atoms with van der Waals surface area (Å²) < 4.78 is 1.99. The van der Waals surface area contributed by atoms with Crippen LogP contribution in [0.3, 0.4) is 0 Å². The number of nitrogens with zero attached hydrogens (tertiary/aromatic N) is 2. The molecule has 0 aliphatic carbocycles. The van der Waals surface area contributed by atoms with Gasteiger partial charge in [-0.25, -0.2) is 4.98 Å². The van der Waals surface area contributed by atoms with Crippen molar-refractivity contribution in [3.63, 3.8) is 0 Å². The third-order valence-corrected chi connectivity index (χ3v) is 4.84. The Morgan fingerprint density at radius 3 is 2.84 bits per heavy atom. The van der Waals surface area contributed by atoms with Crippen LogP contribution in [0.1, 0.15) is 5.56 Å². The van der Waals surface area contributed by atoms with Crippen LogP contribution in [-0.4, -0.2) is 15.3 Å². The predicted octanol–water partition coefficient (Wildman–Crippen LogP) is 4.90. The average molecular weight is 368 g/mol. The number of imidazole rings is 1. The van der Waals surface area contributed by atoms with Crippen LogP contribution in [0.25, 0.3) is 16.2 Å². The Hall–Kier alpha value is -2.63. The molecule has 0 fully saturated rings. The van der Waals surface area contributed by atoms with E-state index in [2.05, 4.69) is 10.3 Å². The van der Waals surface area contributed by atoms with Crippen molar-refractivity contribution in [2.24, 2.45) is 0 Å². The largest absolute Gasteiger partial charge is 0.326 e. The molecule has 0 bridgehead atoms. The summed E-state index contributed by atoms with van der Waals surface area (Å²) in [4.78, 5) is 17.8. The highest BCUT2D eigenvalue weighted by atomic mass is 35.5. The number of carbonyl (C=O) groups excluding carboxylic acids is 1. The minimum Gasteiger partial charge on any atom is -0.326 e. The van der Waals surface area contributed by atoms with Crippen molar-refractivity contribution in [2.45, 2.75) is 6.42 Å². The summed E-state index contributed by atoms with van der Waals surface area (Å²) in [5.41, 5.74) is 3.54. The number of hydrogen-bond donors (Lipinski definition) is 1. The van der Waals surface area contributed by atoms with E-state index in [1.165, 1.54) is 0 Å². The lowest BCUT2D eigenvalue weighted by Crippen LogP contribution is -2.14. The molecule has 1 amide bonds. The van der Waals surface area contributed by atoms with E-state index in [4.69, 9.17) is 11.6 Å². The van der Waals surface area contributed by atoms with Crippen LogP contribution < -0.4 is 5.32 Å². The van der Waals surface area contributed by atoms with E-state index in [9.17, 15) is 4.79 Å². The average Bonchev–Trinajstić information content (AvgIpc) is 3.19. The second-order valence-electron chi connectivity index (χ2n) is 5.65. The first-order chi connectivity index (χ1) is 12.2. The number of rotatable bonds is 4. The number of anilines is 1. The Balaban J connectivity index is 1.50. The molecule has 2 heterocycles. The molecule has 1 N–H and O–H groups in total. The molecule has 0 saturated heterocycles. The fourth-order valence-corrected chi connectivity index (χ4v) is 3.44. The summed E-state index contributed by atoms with van der Waals surface area (Å²) in [7, 11) is 0. The monoisotopic (exact) mass is 367 g/mol. The van der Waals surface area contributed by atoms with Gasteiger partial charge in [-0.2, -0.15) is 0 Å². The van der Waals surface area contributed by atoms with Gasteiger partial charge in [-0.3, -0.25) is 9.20 Å². The normalized spacial score (nSPS) is 10.9. The molecule has 0 atom stereocenters. The molecule has 0 spiro atoms. The maximum absolute atomic E-state index is 12.3. The van der Waals surface area contributed by atoms with Gasteiger partial charge in [-0.15, -0.1) is 11.3 Å². The van der Waals surface area contributed by atoms with Gasteiger partial charge in [0.2, 0.25) is 5.91 Å². The first kappa shape index (κ1) is 15.9. The lowest BCUT2D eigenvalue weighted by atomic mass is 10.1. The lowest BCUT2D eigenvalue weighted by molar-refractivity contribution is -0.115. The molecule has 0 aliphatic heterocycles. The number of thiazole rings is 1. The van der Waals surface area contributed by atoms with Crippen molar-refractivity contribution in [3.8, 4) is 11.3 Å². The zero-order valence-electron chi connectivity index (χ0n) is 13.1. The van der Waals surface area contributed by atoms with E-state index in [1.807, 2.05) is 58.6 Å². The summed E-state index contributed by atoms with van der Waals surface area (Å²) in [6.45, 7) is 0. The SMILES string of the molecule is O=C(Cc1ccc(Cl)cc1)Nc1cccc(-c2cn3ccsc3n2)c1. The van der Waals surface area contributed by atoms with Crippen LogP contribution in [0.5, 0.6) is 0 Å². The zero-order chi connectivity index (χ0) is 17.2. The fourth-order valence-electron chi connectivity index (χ4n) is 2.62. The molecule has 0 aliphatic rings. The summed E-state index contributed by atoms with van der Waals surface area (Å²) in [6, 6.07) is 15.0. The molecule has 2 aromatic heterocycles. The molecular formula is C19H14ClN3OS. The lowest BCUT2D eigenvalue weighted by Gasteiger charge is -2.07. The highest BCUT2D eigenvalue weighted by Crippen LogP contribution is 2.24. The Morgan fingerprint density at radius 2 is 2.04 bits per heavy atom. The third-order valence-electron chi connectivity index (χ3n) is 3.81. The van der Waals surface area contributed by atoms with Crippen LogP contribution >= 0.6 is 22.9 Å². The Bertz CT molecular complexity index is 1010. The molecule has 4 aromatic rings. The molecule has 4 nitrogen and oxygen atoms in total. The number of nitrogens with one attached hydrogen (secondary N) is 1. The smallest absolute Gasteiger partial charge is 0.228 e. The first-order valence-corrected chi connectivity index (χ1v) is 9.00. The van der Waals surface area contributed by atoms with Gasteiger partial charge in [0.05, 0.1) is 12.1 Å². The molecular weight excluding hydrogens is 354 g/mol. The van der Waals surface area contributed by atoms with Crippen LogP contribution in [0.2, 0.25) is 5.02 Å². The molecule has 0 saturated carbocycles. The molecule has 2 aromatic carbocycles. The van der Waals surface area contributed by atoms with E-state index in [0.717, 1.165) is 27.5 Å². The number of benzene rings is 2. The van der Waals surface area contributed by atoms with Crippen molar-refractivity contribution >= 4 is 39.5 Å². The van der Waals surface area contributed by atoms with Gasteiger partial charge in [-0.1, -0.05) is 35.9 Å². The van der Waals surface area contributed by atoms with Crippen LogP contribution in [0.15, 0.2) is 66.3 Å². The van der Waals surface area contributed by atoms with Crippen molar-refractivity contribution in [2.75, 3.05) is 5.32 Å². The first-order valence-electron chi connectivity index (χ1n) is 7.74. The predicted molar refractivity (Wildman–Crippen MR) is 102 cm³/mol. The van der Waals surface area contributed by atoms with Crippen molar-refractivity contribution in [1.29, 1.82) is 0 Å². The third kappa shape index (κ3) is 3.57. The van der Waals surface area contributed by atoms with E-state index in [-0.39, 0.29) is 5.91 Å². The number of hydrogen-bond acceptors (Lipinski definition) is 3. The van der Waals surface area contributed by atoms with Gasteiger partial charge in [0.1, 0.15) is 0 Å². The zero-order valence-corrected chi connectivity index (χ0v) is 14.7. The number of amides is 1. The Morgan fingerprint density at radius 1 is 1.20 bits per heavy atom. The van der Waals surface area contributed by atoms with Gasteiger partial charge < -0.3 is 5.32 Å². The second kappa shape index (κ2) is 6.70. The topological polar surface area (TPSA) is 46.4 Å². The summed E-state index contributed by atoms with van der Waals surface area (Å²) in [5.74, 6) is -0.0645. The van der Waals surface area contributed by atoms with Crippen LogP contribution in [0, 0.1) is 0 Å². The van der Waals surface area contributed by atoms with Crippen LogP contribution in [0.4, 0.5) is 5.69 Å². The van der Waals surface area contributed by atoms with E-state index in [0.29, 0.717) is 11.4 Å². The van der Waals surface area contributed by atoms with E-state index in [1.54, 1.807) is 23.5 Å². The summed E-state index contributed by atoms with van der Waals surface area (Å²) in [6.07, 6.45) is 4.27. The quantitative estimate of drug-likeness (QED) is 0.557. The number of carbonyl (C=O) groups is 1. The van der Waals surface area contributed by atoms with Crippen molar-refractivity contribution in [3.05, 3.63) is 76.9 Å². The molecule has 0 unspecified atom stereocenters. The molecule has 0 radical (unpaired) electrons. The van der Waals surface area contributed by atoms with Crippen molar-refractivity contribution in [1.82, 2.24) is 9.38 Å². The number of aromatic nitrogens is 2. The van der Waals surface area contributed by atoms with Gasteiger partial charge in [0.25, 0.3) is 0 Å². The molecule has 25 heavy (non-hydrogen) atoms. The Labute approximate surface area is 153 Å². The van der Waals surface area contributed by atoms with E-state index < -0.39 is 0 Å². The number of fused-ring (bicyclic) bond motifs is 1.